The highest BCUT2D eigenvalue weighted by Gasteiger charge is 2.33. The molecule has 1 aliphatic heterocycles. The molecule has 188 valence electrons. The number of aromatic nitrogens is 1. The quantitative estimate of drug-likeness (QED) is 0.442. The summed E-state index contributed by atoms with van der Waals surface area (Å²) in [7, 11) is -3.82. The Bertz CT molecular complexity index is 1390. The van der Waals surface area contributed by atoms with E-state index in [0.717, 1.165) is 27.9 Å². The van der Waals surface area contributed by atoms with E-state index in [1.54, 1.807) is 0 Å². The second kappa shape index (κ2) is 10.7. The van der Waals surface area contributed by atoms with Gasteiger partial charge < -0.3 is 9.30 Å². The standard InChI is InChI=1S/C25H30FN3O4S2/c1-4-33-13-12-29-22-14-17(2)18(3)15-23(22)34-25(29)27-24(30)19-6-5-11-28(16-19)35(31,32)21-9-7-20(26)8-10-21/h7-10,14-15,19H,4-6,11-13,16H2,1-3H3. The first-order valence-corrected chi connectivity index (χ1v) is 14.0. The predicted octanol–water partition coefficient (Wildman–Crippen LogP) is 4.02. The Morgan fingerprint density at radius 2 is 1.91 bits per heavy atom. The summed E-state index contributed by atoms with van der Waals surface area (Å²) in [6, 6.07) is 8.97. The molecule has 1 saturated heterocycles. The van der Waals surface area contributed by atoms with Gasteiger partial charge in [0, 0.05) is 26.2 Å². The fraction of sp³-hybridized carbons (Fsp3) is 0.440. The number of benzene rings is 2. The van der Waals surface area contributed by atoms with Crippen LogP contribution < -0.4 is 4.80 Å². The van der Waals surface area contributed by atoms with Crippen molar-refractivity contribution in [3.05, 3.63) is 58.1 Å². The van der Waals surface area contributed by atoms with Crippen molar-refractivity contribution in [2.75, 3.05) is 26.3 Å². The van der Waals surface area contributed by atoms with Crippen LogP contribution in [0.3, 0.4) is 0 Å². The van der Waals surface area contributed by atoms with Gasteiger partial charge in [0.05, 0.1) is 27.6 Å². The van der Waals surface area contributed by atoms with Gasteiger partial charge in [0.1, 0.15) is 5.82 Å². The molecule has 1 atom stereocenters. The van der Waals surface area contributed by atoms with E-state index in [9.17, 15) is 17.6 Å². The summed E-state index contributed by atoms with van der Waals surface area (Å²) >= 11 is 1.45. The maximum Gasteiger partial charge on any atom is 0.252 e. The number of aryl methyl sites for hydroxylation is 2. The Hall–Kier alpha value is -2.40. The van der Waals surface area contributed by atoms with Crippen molar-refractivity contribution in [3.8, 4) is 0 Å². The number of carbonyl (C=O) groups excluding carboxylic acids is 1. The van der Waals surface area contributed by atoms with Gasteiger partial charge in [-0.05, 0) is 81.1 Å². The number of hydrogen-bond acceptors (Lipinski definition) is 5. The van der Waals surface area contributed by atoms with E-state index in [4.69, 9.17) is 4.74 Å². The molecule has 0 bridgehead atoms. The Morgan fingerprint density at radius 1 is 1.20 bits per heavy atom. The molecule has 35 heavy (non-hydrogen) atoms. The molecule has 2 aromatic carbocycles. The zero-order chi connectivity index (χ0) is 25.2. The number of piperidine rings is 1. The van der Waals surface area contributed by atoms with Crippen LogP contribution in [-0.2, 0) is 26.1 Å². The summed E-state index contributed by atoms with van der Waals surface area (Å²) in [6.07, 6.45) is 1.13. The molecule has 4 rings (SSSR count). The highest BCUT2D eigenvalue weighted by molar-refractivity contribution is 7.89. The molecule has 1 unspecified atom stereocenters. The van der Waals surface area contributed by atoms with E-state index in [0.29, 0.717) is 43.9 Å². The minimum absolute atomic E-state index is 0.0212. The number of ether oxygens (including phenoxy) is 1. The molecule has 0 spiro atoms. The first-order chi connectivity index (χ1) is 16.7. The van der Waals surface area contributed by atoms with Gasteiger partial charge in [-0.15, -0.1) is 0 Å². The van der Waals surface area contributed by atoms with Crippen molar-refractivity contribution >= 4 is 37.5 Å². The lowest BCUT2D eigenvalue weighted by atomic mass is 9.99. The third-order valence-corrected chi connectivity index (χ3v) is 9.27. The van der Waals surface area contributed by atoms with Crippen LogP contribution in [-0.4, -0.2) is 49.5 Å². The van der Waals surface area contributed by atoms with Gasteiger partial charge in [-0.3, -0.25) is 4.79 Å². The average Bonchev–Trinajstić information content (AvgIpc) is 3.15. The lowest BCUT2D eigenvalue weighted by Crippen LogP contribution is -2.42. The first-order valence-electron chi connectivity index (χ1n) is 11.7. The molecule has 3 aromatic rings. The van der Waals surface area contributed by atoms with E-state index in [2.05, 4.69) is 31.0 Å². The predicted molar refractivity (Wildman–Crippen MR) is 134 cm³/mol. The summed E-state index contributed by atoms with van der Waals surface area (Å²) in [5.41, 5.74) is 3.34. The van der Waals surface area contributed by atoms with Gasteiger partial charge in [0.25, 0.3) is 5.91 Å². The lowest BCUT2D eigenvalue weighted by molar-refractivity contribution is -0.122. The van der Waals surface area contributed by atoms with Crippen LogP contribution in [0.2, 0.25) is 0 Å². The maximum absolute atomic E-state index is 13.3. The molecule has 10 heteroatoms. The van der Waals surface area contributed by atoms with E-state index >= 15 is 0 Å². The van der Waals surface area contributed by atoms with E-state index in [-0.39, 0.29) is 17.3 Å². The summed E-state index contributed by atoms with van der Waals surface area (Å²) in [4.78, 5) is 18.3. The smallest absolute Gasteiger partial charge is 0.252 e. The number of rotatable bonds is 7. The fourth-order valence-electron chi connectivity index (χ4n) is 4.23. The zero-order valence-corrected chi connectivity index (χ0v) is 21.8. The van der Waals surface area contributed by atoms with Crippen molar-refractivity contribution in [2.45, 2.75) is 45.1 Å². The van der Waals surface area contributed by atoms with Crippen molar-refractivity contribution < 1.29 is 22.3 Å². The summed E-state index contributed by atoms with van der Waals surface area (Å²) in [5, 5.41) is 0. The van der Waals surface area contributed by atoms with Crippen LogP contribution in [0.5, 0.6) is 0 Å². The first kappa shape index (κ1) is 25.7. The highest BCUT2D eigenvalue weighted by Crippen LogP contribution is 2.26. The zero-order valence-electron chi connectivity index (χ0n) is 20.2. The second-order valence-electron chi connectivity index (χ2n) is 8.74. The van der Waals surface area contributed by atoms with E-state index < -0.39 is 21.8 Å². The summed E-state index contributed by atoms with van der Waals surface area (Å²) in [5.74, 6) is -1.36. The fourth-order valence-corrected chi connectivity index (χ4v) is 6.89. The van der Waals surface area contributed by atoms with Crippen molar-refractivity contribution in [1.29, 1.82) is 0 Å². The number of nitrogens with zero attached hydrogens (tertiary/aromatic N) is 3. The largest absolute Gasteiger partial charge is 0.380 e. The van der Waals surface area contributed by atoms with Crippen LogP contribution in [0.1, 0.15) is 30.9 Å². The molecule has 0 N–H and O–H groups in total. The maximum atomic E-state index is 13.3. The molecule has 0 radical (unpaired) electrons. The molecule has 1 aliphatic rings. The number of thiazole rings is 1. The molecular formula is C25H30FN3O4S2. The van der Waals surface area contributed by atoms with Crippen LogP contribution in [0.25, 0.3) is 10.2 Å². The topological polar surface area (TPSA) is 81.0 Å². The van der Waals surface area contributed by atoms with Crippen LogP contribution in [0.15, 0.2) is 46.3 Å². The SMILES string of the molecule is CCOCCn1c(=NC(=O)C2CCCN(S(=O)(=O)c3ccc(F)cc3)C2)sc2cc(C)c(C)cc21. The molecule has 2 heterocycles. The van der Waals surface area contributed by atoms with Crippen molar-refractivity contribution in [3.63, 3.8) is 0 Å². The van der Waals surface area contributed by atoms with E-state index in [1.807, 2.05) is 11.5 Å². The minimum Gasteiger partial charge on any atom is -0.380 e. The number of sulfonamides is 1. The molecule has 1 fully saturated rings. The molecule has 1 aromatic heterocycles. The number of hydrogen-bond donors (Lipinski definition) is 0. The second-order valence-corrected chi connectivity index (χ2v) is 11.7. The van der Waals surface area contributed by atoms with Gasteiger partial charge >= 0.3 is 0 Å². The molecule has 0 saturated carbocycles. The van der Waals surface area contributed by atoms with E-state index in [1.165, 1.54) is 33.3 Å². The average molecular weight is 520 g/mol. The third kappa shape index (κ3) is 5.55. The number of carbonyl (C=O) groups is 1. The molecular weight excluding hydrogens is 489 g/mol. The third-order valence-electron chi connectivity index (χ3n) is 6.35. The summed E-state index contributed by atoms with van der Waals surface area (Å²) in [6.45, 7) is 8.10. The van der Waals surface area contributed by atoms with Gasteiger partial charge in [-0.25, -0.2) is 12.8 Å². The Morgan fingerprint density at radius 3 is 2.63 bits per heavy atom. The van der Waals surface area contributed by atoms with Crippen molar-refractivity contribution in [1.82, 2.24) is 8.87 Å². The van der Waals surface area contributed by atoms with Crippen LogP contribution in [0, 0.1) is 25.6 Å². The summed E-state index contributed by atoms with van der Waals surface area (Å²) < 4.78 is 49.3. The number of halogens is 1. The number of fused-ring (bicyclic) bond motifs is 1. The lowest BCUT2D eigenvalue weighted by Gasteiger charge is -2.30. The normalized spacial score (nSPS) is 17.8. The monoisotopic (exact) mass is 519 g/mol. The minimum atomic E-state index is -3.82. The number of amides is 1. The molecule has 0 aliphatic carbocycles. The van der Waals surface area contributed by atoms with Gasteiger partial charge in [0.2, 0.25) is 10.0 Å². The van der Waals surface area contributed by atoms with Gasteiger partial charge in [0.15, 0.2) is 4.80 Å². The molecule has 1 amide bonds. The Balaban J connectivity index is 1.63. The highest BCUT2D eigenvalue weighted by atomic mass is 32.2. The van der Waals surface area contributed by atoms with Gasteiger partial charge in [-0.1, -0.05) is 11.3 Å². The van der Waals surface area contributed by atoms with Crippen molar-refractivity contribution in [2.24, 2.45) is 10.9 Å². The van der Waals surface area contributed by atoms with Gasteiger partial charge in [-0.2, -0.15) is 9.30 Å². The van der Waals surface area contributed by atoms with Crippen LogP contribution >= 0.6 is 11.3 Å². The molecule has 7 nitrogen and oxygen atoms in total. The Kier molecular flexibility index (Phi) is 7.85. The van der Waals surface area contributed by atoms with Crippen LogP contribution in [0.4, 0.5) is 4.39 Å². The Labute approximate surface area is 208 Å².